The lowest BCUT2D eigenvalue weighted by Gasteiger charge is -2.11. The van der Waals surface area contributed by atoms with Crippen LogP contribution in [0.3, 0.4) is 0 Å². The number of nitrogens with zero attached hydrogens (tertiary/aromatic N) is 5. The lowest BCUT2D eigenvalue weighted by molar-refractivity contribution is 0.669. The third kappa shape index (κ3) is 4.50. The summed E-state index contributed by atoms with van der Waals surface area (Å²) in [6, 6.07) is 51.8. The van der Waals surface area contributed by atoms with Crippen molar-refractivity contribution in [1.82, 2.24) is 24.5 Å². The average molecular weight is 642 g/mol. The highest BCUT2D eigenvalue weighted by molar-refractivity contribution is 6.20. The van der Waals surface area contributed by atoms with Crippen molar-refractivity contribution < 1.29 is 4.42 Å². The van der Waals surface area contributed by atoms with Gasteiger partial charge in [0.1, 0.15) is 11.2 Å². The summed E-state index contributed by atoms with van der Waals surface area (Å²) >= 11 is 0. The molecule has 0 bridgehead atoms. The molecule has 0 aliphatic heterocycles. The molecule has 0 spiro atoms. The molecule has 0 aliphatic carbocycles. The SMILES string of the molecule is c1ccc(-c2nc(-c3ccccc3)nc(-c3cncc(-n4c5ccccc5c5c(-c6cccc7oc8ccccc8c67)cccc54)c3)n2)cc1. The summed E-state index contributed by atoms with van der Waals surface area (Å²) < 4.78 is 8.57. The van der Waals surface area contributed by atoms with Crippen molar-refractivity contribution in [3.63, 3.8) is 0 Å². The molecule has 50 heavy (non-hydrogen) atoms. The molecule has 0 N–H and O–H groups in total. The van der Waals surface area contributed by atoms with E-state index >= 15 is 0 Å². The highest BCUT2D eigenvalue weighted by atomic mass is 16.3. The minimum absolute atomic E-state index is 0.562. The van der Waals surface area contributed by atoms with E-state index in [1.165, 1.54) is 5.39 Å². The molecule has 0 unspecified atom stereocenters. The van der Waals surface area contributed by atoms with Gasteiger partial charge in [-0.25, -0.2) is 15.0 Å². The van der Waals surface area contributed by atoms with Crippen LogP contribution >= 0.6 is 0 Å². The van der Waals surface area contributed by atoms with Crippen molar-refractivity contribution in [1.29, 1.82) is 0 Å². The molecule has 4 heterocycles. The second-order valence-corrected chi connectivity index (χ2v) is 12.3. The molecular formula is C44H27N5O. The number of rotatable bonds is 5. The molecule has 6 heteroatoms. The van der Waals surface area contributed by atoms with Gasteiger partial charge in [0, 0.05) is 44.4 Å². The van der Waals surface area contributed by atoms with Gasteiger partial charge in [-0.2, -0.15) is 0 Å². The van der Waals surface area contributed by atoms with E-state index in [2.05, 4.69) is 77.4 Å². The number of furan rings is 1. The predicted molar refractivity (Wildman–Crippen MR) is 201 cm³/mol. The van der Waals surface area contributed by atoms with Crippen LogP contribution < -0.4 is 0 Å². The summed E-state index contributed by atoms with van der Waals surface area (Å²) in [5.74, 6) is 1.79. The summed E-state index contributed by atoms with van der Waals surface area (Å²) in [6.07, 6.45) is 3.73. The van der Waals surface area contributed by atoms with E-state index in [1.54, 1.807) is 0 Å². The Balaban J connectivity index is 1.19. The zero-order chi connectivity index (χ0) is 33.0. The van der Waals surface area contributed by atoms with Gasteiger partial charge in [0.05, 0.1) is 22.9 Å². The molecule has 0 amide bonds. The van der Waals surface area contributed by atoms with Crippen molar-refractivity contribution in [3.05, 3.63) is 164 Å². The quantitative estimate of drug-likeness (QED) is 0.187. The molecule has 0 saturated carbocycles. The molecule has 0 aliphatic rings. The molecular weight excluding hydrogens is 615 g/mol. The van der Waals surface area contributed by atoms with E-state index in [0.29, 0.717) is 17.5 Å². The van der Waals surface area contributed by atoms with Gasteiger partial charge in [0.2, 0.25) is 0 Å². The Morgan fingerprint density at radius 2 is 0.980 bits per heavy atom. The van der Waals surface area contributed by atoms with Crippen molar-refractivity contribution in [2.45, 2.75) is 0 Å². The lowest BCUT2D eigenvalue weighted by atomic mass is 9.95. The van der Waals surface area contributed by atoms with E-state index in [1.807, 2.05) is 91.3 Å². The van der Waals surface area contributed by atoms with Crippen LogP contribution in [0.5, 0.6) is 0 Å². The van der Waals surface area contributed by atoms with Crippen LogP contribution in [0.4, 0.5) is 0 Å². The summed E-state index contributed by atoms with van der Waals surface area (Å²) in [4.78, 5) is 19.6. The first-order valence-corrected chi connectivity index (χ1v) is 16.6. The normalized spacial score (nSPS) is 11.6. The van der Waals surface area contributed by atoms with Crippen LogP contribution in [0.1, 0.15) is 0 Å². The van der Waals surface area contributed by atoms with Crippen molar-refractivity contribution >= 4 is 43.7 Å². The molecule has 234 valence electrons. The summed E-state index contributed by atoms with van der Waals surface area (Å²) in [5, 5.41) is 4.56. The standard InChI is InChI=1S/C44H27N5O/c1-3-13-28(14-4-1)42-46-43(29-15-5-2-6-16-29)48-44(47-42)30-25-31(27-45-26-30)49-36-21-9-7-17-34(36)40-32(19-11-22-37(40)49)33-20-12-24-39-41(33)35-18-8-10-23-38(35)50-39/h1-27H. The number of benzene rings is 6. The van der Waals surface area contributed by atoms with Crippen LogP contribution in [0.15, 0.2) is 168 Å². The predicted octanol–water partition coefficient (Wildman–Crippen LogP) is 10.9. The molecule has 4 aromatic heterocycles. The number of hydrogen-bond donors (Lipinski definition) is 0. The molecule has 6 nitrogen and oxygen atoms in total. The zero-order valence-electron chi connectivity index (χ0n) is 26.7. The highest BCUT2D eigenvalue weighted by Crippen LogP contribution is 2.43. The second kappa shape index (κ2) is 11.4. The third-order valence-electron chi connectivity index (χ3n) is 9.33. The monoisotopic (exact) mass is 641 g/mol. The van der Waals surface area contributed by atoms with E-state index in [0.717, 1.165) is 71.9 Å². The summed E-state index contributed by atoms with van der Waals surface area (Å²) in [5.41, 5.74) is 9.79. The fourth-order valence-electron chi connectivity index (χ4n) is 7.13. The van der Waals surface area contributed by atoms with Crippen LogP contribution in [-0.4, -0.2) is 24.5 Å². The summed E-state index contributed by atoms with van der Waals surface area (Å²) in [6.45, 7) is 0. The second-order valence-electron chi connectivity index (χ2n) is 12.3. The van der Waals surface area contributed by atoms with Gasteiger partial charge in [-0.15, -0.1) is 0 Å². The maximum atomic E-state index is 6.29. The number of aromatic nitrogens is 5. The minimum Gasteiger partial charge on any atom is -0.456 e. The lowest BCUT2D eigenvalue weighted by Crippen LogP contribution is -2.01. The van der Waals surface area contributed by atoms with E-state index in [4.69, 9.17) is 24.4 Å². The average Bonchev–Trinajstić information content (AvgIpc) is 3.75. The maximum Gasteiger partial charge on any atom is 0.165 e. The Morgan fingerprint density at radius 3 is 1.72 bits per heavy atom. The molecule has 10 aromatic rings. The molecule has 0 saturated heterocycles. The third-order valence-corrected chi connectivity index (χ3v) is 9.33. The van der Waals surface area contributed by atoms with Gasteiger partial charge in [-0.05, 0) is 41.5 Å². The zero-order valence-corrected chi connectivity index (χ0v) is 26.7. The number of para-hydroxylation sites is 2. The maximum absolute atomic E-state index is 6.29. The van der Waals surface area contributed by atoms with Gasteiger partial charge in [0.15, 0.2) is 17.5 Å². The smallest absolute Gasteiger partial charge is 0.165 e. The molecule has 10 rings (SSSR count). The van der Waals surface area contributed by atoms with Crippen LogP contribution in [0.25, 0.3) is 94.7 Å². The Morgan fingerprint density at radius 1 is 0.420 bits per heavy atom. The van der Waals surface area contributed by atoms with Gasteiger partial charge in [0.25, 0.3) is 0 Å². The molecule has 0 atom stereocenters. The van der Waals surface area contributed by atoms with Crippen molar-refractivity contribution in [2.24, 2.45) is 0 Å². The van der Waals surface area contributed by atoms with Gasteiger partial charge in [-0.3, -0.25) is 4.98 Å². The van der Waals surface area contributed by atoms with Crippen molar-refractivity contribution in [3.8, 4) is 51.0 Å². The highest BCUT2D eigenvalue weighted by Gasteiger charge is 2.20. The number of pyridine rings is 1. The van der Waals surface area contributed by atoms with Gasteiger partial charge >= 0.3 is 0 Å². The minimum atomic E-state index is 0.562. The Hall–Kier alpha value is -6.92. The van der Waals surface area contributed by atoms with Gasteiger partial charge in [-0.1, -0.05) is 121 Å². The first-order chi connectivity index (χ1) is 24.8. The Kier molecular flexibility index (Phi) is 6.39. The van der Waals surface area contributed by atoms with E-state index in [-0.39, 0.29) is 0 Å². The Labute approximate surface area is 287 Å². The van der Waals surface area contributed by atoms with E-state index in [9.17, 15) is 0 Å². The summed E-state index contributed by atoms with van der Waals surface area (Å²) in [7, 11) is 0. The van der Waals surface area contributed by atoms with Crippen molar-refractivity contribution in [2.75, 3.05) is 0 Å². The van der Waals surface area contributed by atoms with Crippen LogP contribution in [-0.2, 0) is 0 Å². The topological polar surface area (TPSA) is 69.6 Å². The molecule has 0 radical (unpaired) electrons. The Bertz CT molecular complexity index is 2820. The first-order valence-electron chi connectivity index (χ1n) is 16.6. The van der Waals surface area contributed by atoms with Crippen LogP contribution in [0, 0.1) is 0 Å². The fourth-order valence-corrected chi connectivity index (χ4v) is 7.13. The fraction of sp³-hybridized carbons (Fsp3) is 0. The molecule has 6 aromatic carbocycles. The first kappa shape index (κ1) is 28.1. The van der Waals surface area contributed by atoms with Crippen LogP contribution in [0.2, 0.25) is 0 Å². The molecule has 0 fully saturated rings. The number of fused-ring (bicyclic) bond motifs is 6. The van der Waals surface area contributed by atoms with Gasteiger partial charge < -0.3 is 8.98 Å². The largest absolute Gasteiger partial charge is 0.456 e. The number of hydrogen-bond acceptors (Lipinski definition) is 5. The van der Waals surface area contributed by atoms with E-state index < -0.39 is 0 Å².